The number of carbonyl (C=O) groups excluding carboxylic acids is 1. The van der Waals surface area contributed by atoms with Crippen molar-refractivity contribution in [1.29, 1.82) is 0 Å². The number of nitrogens with zero attached hydrogens (tertiary/aromatic N) is 1. The molecule has 1 amide bonds. The molecule has 0 bridgehead atoms. The standard InChI is InChI=1S/C21H26N2O5S/c1-27-19-11-6-12-20(28-2)18(19)14-22-21(24)16-8-7-13-23(15-16)29(25,26)17-9-4-3-5-10-17/h3-6,9-12,16H,7-8,13-15H2,1-2H3,(H,22,24)/t16-/m0/s1. The molecule has 156 valence electrons. The average molecular weight is 419 g/mol. The fourth-order valence-corrected chi connectivity index (χ4v) is 5.08. The van der Waals surface area contributed by atoms with Crippen molar-refractivity contribution < 1.29 is 22.7 Å². The molecule has 2 aromatic carbocycles. The molecule has 0 radical (unpaired) electrons. The molecule has 0 saturated carbocycles. The molecule has 0 unspecified atom stereocenters. The highest BCUT2D eigenvalue weighted by molar-refractivity contribution is 7.89. The normalized spacial score (nSPS) is 17.5. The second-order valence-electron chi connectivity index (χ2n) is 6.87. The van der Waals surface area contributed by atoms with E-state index in [0.29, 0.717) is 30.9 Å². The Bertz CT molecular complexity index is 925. The lowest BCUT2D eigenvalue weighted by molar-refractivity contribution is -0.126. The van der Waals surface area contributed by atoms with Crippen LogP contribution in [-0.2, 0) is 21.4 Å². The third kappa shape index (κ3) is 4.71. The van der Waals surface area contributed by atoms with E-state index in [0.717, 1.165) is 5.56 Å². The van der Waals surface area contributed by atoms with E-state index >= 15 is 0 Å². The molecule has 7 nitrogen and oxygen atoms in total. The number of ether oxygens (including phenoxy) is 2. The van der Waals surface area contributed by atoms with Crippen molar-refractivity contribution in [3.8, 4) is 11.5 Å². The number of benzene rings is 2. The van der Waals surface area contributed by atoms with Crippen LogP contribution in [0.5, 0.6) is 11.5 Å². The van der Waals surface area contributed by atoms with Gasteiger partial charge < -0.3 is 14.8 Å². The number of sulfonamides is 1. The molecule has 1 atom stereocenters. The predicted molar refractivity (Wildman–Crippen MR) is 109 cm³/mol. The van der Waals surface area contributed by atoms with Gasteiger partial charge in [-0.3, -0.25) is 4.79 Å². The third-order valence-electron chi connectivity index (χ3n) is 5.11. The molecule has 29 heavy (non-hydrogen) atoms. The molecule has 0 aromatic heterocycles. The van der Waals surface area contributed by atoms with Crippen LogP contribution in [0.2, 0.25) is 0 Å². The monoisotopic (exact) mass is 418 g/mol. The summed E-state index contributed by atoms with van der Waals surface area (Å²) in [4.78, 5) is 13.0. The highest BCUT2D eigenvalue weighted by atomic mass is 32.2. The minimum atomic E-state index is -3.60. The van der Waals surface area contributed by atoms with Crippen molar-refractivity contribution in [3.05, 3.63) is 54.1 Å². The van der Waals surface area contributed by atoms with Crippen LogP contribution < -0.4 is 14.8 Å². The molecule has 1 heterocycles. The number of piperidine rings is 1. The highest BCUT2D eigenvalue weighted by Gasteiger charge is 2.33. The van der Waals surface area contributed by atoms with Crippen molar-refractivity contribution in [1.82, 2.24) is 9.62 Å². The zero-order valence-corrected chi connectivity index (χ0v) is 17.4. The summed E-state index contributed by atoms with van der Waals surface area (Å²) in [5, 5.41) is 2.91. The molecular weight excluding hydrogens is 392 g/mol. The van der Waals surface area contributed by atoms with Gasteiger partial charge in [0.15, 0.2) is 0 Å². The summed E-state index contributed by atoms with van der Waals surface area (Å²) in [5.41, 5.74) is 0.746. The Morgan fingerprint density at radius 1 is 1.07 bits per heavy atom. The van der Waals surface area contributed by atoms with Gasteiger partial charge in [0.2, 0.25) is 15.9 Å². The molecule has 1 saturated heterocycles. The Hall–Kier alpha value is -2.58. The van der Waals surface area contributed by atoms with E-state index in [1.807, 2.05) is 6.07 Å². The number of amides is 1. The van der Waals surface area contributed by atoms with Gasteiger partial charge >= 0.3 is 0 Å². The van der Waals surface area contributed by atoms with E-state index in [9.17, 15) is 13.2 Å². The minimum absolute atomic E-state index is 0.173. The lowest BCUT2D eigenvalue weighted by Gasteiger charge is -2.31. The van der Waals surface area contributed by atoms with E-state index in [1.54, 1.807) is 56.7 Å². The maximum Gasteiger partial charge on any atom is 0.243 e. The first-order valence-electron chi connectivity index (χ1n) is 9.50. The molecule has 3 rings (SSSR count). The van der Waals surface area contributed by atoms with Gasteiger partial charge in [-0.1, -0.05) is 24.3 Å². The number of rotatable bonds is 7. The first-order chi connectivity index (χ1) is 14.0. The van der Waals surface area contributed by atoms with Gasteiger partial charge in [0.05, 0.1) is 37.1 Å². The summed E-state index contributed by atoms with van der Waals surface area (Å²) >= 11 is 0. The molecule has 0 spiro atoms. The van der Waals surface area contributed by atoms with Crippen molar-refractivity contribution >= 4 is 15.9 Å². The lowest BCUT2D eigenvalue weighted by Crippen LogP contribution is -2.45. The molecular formula is C21H26N2O5S. The Morgan fingerprint density at radius 3 is 2.34 bits per heavy atom. The van der Waals surface area contributed by atoms with Crippen molar-refractivity contribution in [3.63, 3.8) is 0 Å². The van der Waals surface area contributed by atoms with Gasteiger partial charge in [0.1, 0.15) is 11.5 Å². The van der Waals surface area contributed by atoms with Crippen LogP contribution in [0.3, 0.4) is 0 Å². The van der Waals surface area contributed by atoms with Crippen molar-refractivity contribution in [2.24, 2.45) is 5.92 Å². The van der Waals surface area contributed by atoms with Crippen LogP contribution in [0.25, 0.3) is 0 Å². The first kappa shape index (κ1) is 21.1. The SMILES string of the molecule is COc1cccc(OC)c1CNC(=O)[C@H]1CCCN(S(=O)(=O)c2ccccc2)C1. The summed E-state index contributed by atoms with van der Waals surface area (Å²) in [6.45, 7) is 0.835. The van der Waals surface area contributed by atoms with E-state index in [2.05, 4.69) is 5.32 Å². The summed E-state index contributed by atoms with van der Waals surface area (Å²) in [6, 6.07) is 13.7. The summed E-state index contributed by atoms with van der Waals surface area (Å²) in [6.07, 6.45) is 1.29. The molecule has 2 aromatic rings. The number of nitrogens with one attached hydrogen (secondary N) is 1. The van der Waals surface area contributed by atoms with Crippen LogP contribution in [0, 0.1) is 5.92 Å². The Balaban J connectivity index is 1.68. The molecule has 1 aliphatic rings. The van der Waals surface area contributed by atoms with Crippen LogP contribution in [0.4, 0.5) is 0 Å². The Morgan fingerprint density at radius 2 is 1.72 bits per heavy atom. The molecule has 0 aliphatic carbocycles. The van der Waals surface area contributed by atoms with Crippen LogP contribution in [0.15, 0.2) is 53.4 Å². The maximum atomic E-state index is 12.9. The molecule has 8 heteroatoms. The van der Waals surface area contributed by atoms with Gasteiger partial charge in [0.25, 0.3) is 0 Å². The van der Waals surface area contributed by atoms with E-state index in [4.69, 9.17) is 9.47 Å². The first-order valence-corrected chi connectivity index (χ1v) is 10.9. The van der Waals surface area contributed by atoms with Crippen LogP contribution in [-0.4, -0.2) is 45.9 Å². The predicted octanol–water partition coefficient (Wildman–Crippen LogP) is 2.42. The Labute approximate surface area is 171 Å². The molecule has 1 aliphatic heterocycles. The Kier molecular flexibility index (Phi) is 6.76. The van der Waals surface area contributed by atoms with Gasteiger partial charge in [-0.2, -0.15) is 4.31 Å². The third-order valence-corrected chi connectivity index (χ3v) is 6.98. The van der Waals surface area contributed by atoms with E-state index in [1.165, 1.54) is 4.31 Å². The largest absolute Gasteiger partial charge is 0.496 e. The van der Waals surface area contributed by atoms with E-state index in [-0.39, 0.29) is 23.9 Å². The number of carbonyl (C=O) groups is 1. The second-order valence-corrected chi connectivity index (χ2v) is 8.81. The fraction of sp³-hybridized carbons (Fsp3) is 0.381. The van der Waals surface area contributed by atoms with Crippen LogP contribution in [0.1, 0.15) is 18.4 Å². The van der Waals surface area contributed by atoms with Gasteiger partial charge in [-0.15, -0.1) is 0 Å². The van der Waals surface area contributed by atoms with Crippen molar-refractivity contribution in [2.45, 2.75) is 24.3 Å². The molecule has 1 fully saturated rings. The van der Waals surface area contributed by atoms with Crippen LogP contribution >= 0.6 is 0 Å². The van der Waals surface area contributed by atoms with Gasteiger partial charge in [0, 0.05) is 13.1 Å². The number of hydrogen-bond acceptors (Lipinski definition) is 5. The average Bonchev–Trinajstić information content (AvgIpc) is 2.77. The summed E-state index contributed by atoms with van der Waals surface area (Å²) in [5.74, 6) is 0.678. The quantitative estimate of drug-likeness (QED) is 0.747. The minimum Gasteiger partial charge on any atom is -0.496 e. The van der Waals surface area contributed by atoms with E-state index < -0.39 is 15.9 Å². The maximum absolute atomic E-state index is 12.9. The fourth-order valence-electron chi connectivity index (χ4n) is 3.54. The zero-order valence-electron chi connectivity index (χ0n) is 16.6. The van der Waals surface area contributed by atoms with Crippen molar-refractivity contribution in [2.75, 3.05) is 27.3 Å². The smallest absolute Gasteiger partial charge is 0.243 e. The number of hydrogen-bond donors (Lipinski definition) is 1. The molecule has 1 N–H and O–H groups in total. The summed E-state index contributed by atoms with van der Waals surface area (Å²) in [7, 11) is -0.477. The zero-order chi connectivity index (χ0) is 20.9. The highest BCUT2D eigenvalue weighted by Crippen LogP contribution is 2.28. The number of methoxy groups -OCH3 is 2. The summed E-state index contributed by atoms with van der Waals surface area (Å²) < 4.78 is 37.8. The van der Waals surface area contributed by atoms with Gasteiger partial charge in [-0.25, -0.2) is 8.42 Å². The second kappa shape index (κ2) is 9.28. The topological polar surface area (TPSA) is 84.9 Å². The lowest BCUT2D eigenvalue weighted by atomic mass is 9.98. The van der Waals surface area contributed by atoms with Gasteiger partial charge in [-0.05, 0) is 37.1 Å².